The molecule has 2 nitrogen and oxygen atoms in total. The van der Waals surface area contributed by atoms with Crippen LogP contribution in [0, 0.1) is 0 Å². The number of halogens is 5. The van der Waals surface area contributed by atoms with Crippen molar-refractivity contribution in [3.63, 3.8) is 0 Å². The number of hydrogen-bond donors (Lipinski definition) is 0. The Morgan fingerprint density at radius 1 is 1.21 bits per heavy atom. The van der Waals surface area contributed by atoms with Crippen LogP contribution in [-0.4, -0.2) is 27.6 Å². The van der Waals surface area contributed by atoms with Crippen LogP contribution in [-0.2, 0) is 9.47 Å². The molecule has 0 spiro atoms. The molecule has 0 aromatic heterocycles. The molecule has 1 aliphatic heterocycles. The first kappa shape index (κ1) is 13.4. The zero-order chi connectivity index (χ0) is 10.8. The molecule has 0 saturated carbocycles. The first-order chi connectivity index (χ1) is 6.33. The minimum Gasteiger partial charge on any atom is -0.353 e. The van der Waals surface area contributed by atoms with Gasteiger partial charge in [0.1, 0.15) is 0 Å². The molecule has 0 radical (unpaired) electrons. The Morgan fingerprint density at radius 3 is 2.29 bits per heavy atom. The lowest BCUT2D eigenvalue weighted by atomic mass is 10.4. The molecular formula is C7H9Cl5O2. The van der Waals surface area contributed by atoms with Crippen LogP contribution in [0.2, 0.25) is 0 Å². The SMILES string of the molecule is ClC(Cl)(Cl)C(Cl)(Cl)COC1CCCO1. The van der Waals surface area contributed by atoms with Gasteiger partial charge in [-0.15, -0.1) is 0 Å². The van der Waals surface area contributed by atoms with Crippen molar-refractivity contribution in [3.05, 3.63) is 0 Å². The van der Waals surface area contributed by atoms with Crippen molar-refractivity contribution in [2.75, 3.05) is 13.2 Å². The van der Waals surface area contributed by atoms with Gasteiger partial charge < -0.3 is 9.47 Å². The minimum atomic E-state index is -1.78. The van der Waals surface area contributed by atoms with Gasteiger partial charge in [-0.25, -0.2) is 0 Å². The van der Waals surface area contributed by atoms with Gasteiger partial charge in [0.15, 0.2) is 10.6 Å². The highest BCUT2D eigenvalue weighted by Crippen LogP contribution is 2.46. The van der Waals surface area contributed by atoms with Gasteiger partial charge in [0.25, 0.3) is 0 Å². The van der Waals surface area contributed by atoms with Crippen LogP contribution in [0.25, 0.3) is 0 Å². The largest absolute Gasteiger partial charge is 0.353 e. The maximum atomic E-state index is 5.78. The molecule has 1 atom stereocenters. The summed E-state index contributed by atoms with van der Waals surface area (Å²) >= 11 is 28.2. The Morgan fingerprint density at radius 2 is 1.86 bits per heavy atom. The molecular weight excluding hydrogens is 293 g/mol. The molecule has 7 heteroatoms. The molecule has 0 bridgehead atoms. The topological polar surface area (TPSA) is 18.5 Å². The first-order valence-corrected chi connectivity index (χ1v) is 5.90. The van der Waals surface area contributed by atoms with Crippen molar-refractivity contribution >= 4 is 58.0 Å². The van der Waals surface area contributed by atoms with E-state index in [4.69, 9.17) is 67.5 Å². The average molecular weight is 302 g/mol. The fourth-order valence-electron chi connectivity index (χ4n) is 0.959. The maximum Gasteiger partial charge on any atom is 0.225 e. The molecule has 0 aliphatic carbocycles. The van der Waals surface area contributed by atoms with Gasteiger partial charge in [-0.1, -0.05) is 58.0 Å². The predicted octanol–water partition coefficient (Wildman–Crippen LogP) is 3.68. The van der Waals surface area contributed by atoms with Gasteiger partial charge in [-0.3, -0.25) is 0 Å². The average Bonchev–Trinajstić information content (AvgIpc) is 2.50. The zero-order valence-electron chi connectivity index (χ0n) is 7.11. The molecule has 0 aromatic rings. The van der Waals surface area contributed by atoms with E-state index in [0.29, 0.717) is 6.61 Å². The second kappa shape index (κ2) is 5.13. The van der Waals surface area contributed by atoms with Gasteiger partial charge in [-0.2, -0.15) is 0 Å². The van der Waals surface area contributed by atoms with Crippen molar-refractivity contribution in [2.45, 2.75) is 27.3 Å². The van der Waals surface area contributed by atoms with E-state index in [1.165, 1.54) is 0 Å². The molecule has 1 fully saturated rings. The number of hydrogen-bond acceptors (Lipinski definition) is 2. The standard InChI is InChI=1S/C7H9Cl5O2/c8-6(9,7(10,11)12)4-14-5-2-1-3-13-5/h5H,1-4H2. The Balaban J connectivity index is 2.35. The summed E-state index contributed by atoms with van der Waals surface area (Å²) in [4.78, 5) is 0. The molecule has 14 heavy (non-hydrogen) atoms. The lowest BCUT2D eigenvalue weighted by Gasteiger charge is -2.27. The van der Waals surface area contributed by atoms with Crippen LogP contribution in [0.3, 0.4) is 0 Å². The Labute approximate surface area is 108 Å². The third-order valence-electron chi connectivity index (χ3n) is 1.75. The second-order valence-corrected chi connectivity index (χ2v) is 6.72. The molecule has 84 valence electrons. The molecule has 1 saturated heterocycles. The molecule has 0 amide bonds. The highest BCUT2D eigenvalue weighted by Gasteiger charge is 2.46. The zero-order valence-corrected chi connectivity index (χ0v) is 10.9. The molecule has 0 aromatic carbocycles. The van der Waals surface area contributed by atoms with Crippen LogP contribution >= 0.6 is 58.0 Å². The Bertz CT molecular complexity index is 185. The van der Waals surface area contributed by atoms with E-state index in [2.05, 4.69) is 0 Å². The van der Waals surface area contributed by atoms with Crippen molar-refractivity contribution in [2.24, 2.45) is 0 Å². The monoisotopic (exact) mass is 300 g/mol. The van der Waals surface area contributed by atoms with Gasteiger partial charge >= 0.3 is 0 Å². The second-order valence-electron chi connectivity index (χ2n) is 2.96. The summed E-state index contributed by atoms with van der Waals surface area (Å²) in [6.45, 7) is 0.591. The lowest BCUT2D eigenvalue weighted by Crippen LogP contribution is -2.37. The van der Waals surface area contributed by atoms with Crippen LogP contribution in [0.4, 0.5) is 0 Å². The van der Waals surface area contributed by atoms with E-state index in [9.17, 15) is 0 Å². The highest BCUT2D eigenvalue weighted by molar-refractivity contribution is 6.75. The van der Waals surface area contributed by atoms with E-state index in [-0.39, 0.29) is 12.9 Å². The van der Waals surface area contributed by atoms with Crippen LogP contribution in [0.15, 0.2) is 0 Å². The van der Waals surface area contributed by atoms with Crippen molar-refractivity contribution < 1.29 is 9.47 Å². The smallest absolute Gasteiger partial charge is 0.225 e. The summed E-state index contributed by atoms with van der Waals surface area (Å²) < 4.78 is 7.10. The predicted molar refractivity (Wildman–Crippen MR) is 59.7 cm³/mol. The van der Waals surface area contributed by atoms with E-state index >= 15 is 0 Å². The fourth-order valence-corrected chi connectivity index (χ4v) is 1.25. The summed E-state index contributed by atoms with van der Waals surface area (Å²) in [5, 5.41) is 0. The van der Waals surface area contributed by atoms with E-state index in [0.717, 1.165) is 12.8 Å². The number of rotatable bonds is 3. The maximum absolute atomic E-state index is 5.78. The Hall–Kier alpha value is 1.37. The quantitative estimate of drug-likeness (QED) is 0.740. The van der Waals surface area contributed by atoms with Crippen LogP contribution in [0.1, 0.15) is 12.8 Å². The first-order valence-electron chi connectivity index (χ1n) is 4.01. The van der Waals surface area contributed by atoms with E-state index < -0.39 is 8.13 Å². The third-order valence-corrected chi connectivity index (χ3v) is 4.09. The van der Waals surface area contributed by atoms with Gasteiger partial charge in [0.05, 0.1) is 6.61 Å². The summed E-state index contributed by atoms with van der Waals surface area (Å²) in [7, 11) is 0. The highest BCUT2D eigenvalue weighted by atomic mass is 35.6. The van der Waals surface area contributed by atoms with Crippen LogP contribution < -0.4 is 0 Å². The fraction of sp³-hybridized carbons (Fsp3) is 1.00. The number of alkyl halides is 5. The summed E-state index contributed by atoms with van der Waals surface area (Å²) in [5.74, 6) is 0. The summed E-state index contributed by atoms with van der Waals surface area (Å²) in [5.41, 5.74) is 0. The third kappa shape index (κ3) is 3.75. The van der Waals surface area contributed by atoms with E-state index in [1.807, 2.05) is 0 Å². The van der Waals surface area contributed by atoms with Gasteiger partial charge in [0.2, 0.25) is 3.79 Å². The molecule has 1 unspecified atom stereocenters. The van der Waals surface area contributed by atoms with Crippen LogP contribution in [0.5, 0.6) is 0 Å². The molecule has 1 heterocycles. The van der Waals surface area contributed by atoms with Gasteiger partial charge in [0, 0.05) is 13.0 Å². The van der Waals surface area contributed by atoms with E-state index in [1.54, 1.807) is 0 Å². The normalized spacial score (nSPS) is 24.2. The van der Waals surface area contributed by atoms with Gasteiger partial charge in [-0.05, 0) is 6.42 Å². The van der Waals surface area contributed by atoms with Crippen molar-refractivity contribution in [3.8, 4) is 0 Å². The van der Waals surface area contributed by atoms with Crippen molar-refractivity contribution in [1.82, 2.24) is 0 Å². The minimum absolute atomic E-state index is 0.0860. The molecule has 0 N–H and O–H groups in total. The molecule has 1 rings (SSSR count). The summed E-state index contributed by atoms with van der Waals surface area (Å²) in [6, 6.07) is 0. The molecule has 1 aliphatic rings. The summed E-state index contributed by atoms with van der Waals surface area (Å²) in [6.07, 6.45) is 1.47. The van der Waals surface area contributed by atoms with Crippen molar-refractivity contribution in [1.29, 1.82) is 0 Å². The number of ether oxygens (including phenoxy) is 2. The lowest BCUT2D eigenvalue weighted by molar-refractivity contribution is -0.112. The Kier molecular flexibility index (Phi) is 4.93.